The topological polar surface area (TPSA) is 56.7 Å². The maximum atomic E-state index is 12.4. The number of nitrogens with one attached hydrogen (secondary N) is 2. The van der Waals surface area contributed by atoms with E-state index in [4.69, 9.17) is 4.99 Å². The molecule has 1 fully saturated rings. The number of hydrogen-bond acceptors (Lipinski definition) is 4. The number of hydrogen-bond donors (Lipinski definition) is 2. The van der Waals surface area contributed by atoms with E-state index in [1.54, 1.807) is 0 Å². The van der Waals surface area contributed by atoms with E-state index in [-0.39, 0.29) is 24.0 Å². The molecule has 3 atom stereocenters. The van der Waals surface area contributed by atoms with Gasteiger partial charge in [0, 0.05) is 52.9 Å². The zero-order valence-corrected chi connectivity index (χ0v) is 22.4. The molecule has 2 heterocycles. The number of benzene rings is 1. The smallest absolute Gasteiger partial charge is 0.191 e. The highest BCUT2D eigenvalue weighted by Crippen LogP contribution is 2.37. The second kappa shape index (κ2) is 14.2. The molecule has 2 N–H and O–H groups in total. The lowest BCUT2D eigenvalue weighted by atomic mass is 9.88. The standard InChI is InChI=1S/C23H34N4OS2.HI/c1-3-24-23(25-13-16-30(28)18-19-9-5-4-6-10-19)26-17-20-11-7-14-27(2)22(20)21-12-8-15-29-21;/h4-6,8-10,12,15,20,22H,3,7,11,13-14,16-18H2,1-2H3,(H2,24,25,26);1H. The van der Waals surface area contributed by atoms with Crippen molar-refractivity contribution < 1.29 is 4.21 Å². The van der Waals surface area contributed by atoms with Crippen molar-refractivity contribution in [3.63, 3.8) is 0 Å². The molecule has 1 aromatic carbocycles. The van der Waals surface area contributed by atoms with Gasteiger partial charge in [-0.05, 0) is 56.3 Å². The summed E-state index contributed by atoms with van der Waals surface area (Å²) in [4.78, 5) is 8.80. The van der Waals surface area contributed by atoms with Crippen LogP contribution in [0.25, 0.3) is 0 Å². The average molecular weight is 575 g/mol. The molecule has 172 valence electrons. The first-order valence-electron chi connectivity index (χ1n) is 10.8. The van der Waals surface area contributed by atoms with Crippen molar-refractivity contribution >= 4 is 52.1 Å². The number of likely N-dealkylation sites (tertiary alicyclic amines) is 1. The van der Waals surface area contributed by atoms with E-state index in [0.717, 1.165) is 31.2 Å². The third kappa shape index (κ3) is 8.47. The van der Waals surface area contributed by atoms with Crippen molar-refractivity contribution in [3.05, 3.63) is 58.3 Å². The Balaban J connectivity index is 0.00000341. The molecule has 3 unspecified atom stereocenters. The van der Waals surface area contributed by atoms with Gasteiger partial charge in [0.2, 0.25) is 0 Å². The number of nitrogens with zero attached hydrogens (tertiary/aromatic N) is 2. The molecule has 0 bridgehead atoms. The van der Waals surface area contributed by atoms with Crippen LogP contribution in [-0.4, -0.2) is 54.0 Å². The molecule has 31 heavy (non-hydrogen) atoms. The summed E-state index contributed by atoms with van der Waals surface area (Å²) in [5.41, 5.74) is 1.12. The zero-order chi connectivity index (χ0) is 21.2. The fourth-order valence-corrected chi connectivity index (χ4v) is 6.05. The molecule has 0 amide bonds. The van der Waals surface area contributed by atoms with Crippen LogP contribution >= 0.6 is 35.3 Å². The maximum absolute atomic E-state index is 12.4. The van der Waals surface area contributed by atoms with Gasteiger partial charge in [0.05, 0.1) is 0 Å². The van der Waals surface area contributed by atoms with E-state index in [1.807, 2.05) is 41.7 Å². The van der Waals surface area contributed by atoms with Gasteiger partial charge in [-0.2, -0.15) is 0 Å². The number of thiophene rings is 1. The molecular formula is C23H35IN4OS2. The van der Waals surface area contributed by atoms with Crippen molar-refractivity contribution in [2.45, 2.75) is 31.6 Å². The second-order valence-corrected chi connectivity index (χ2v) is 10.3. The molecule has 5 nitrogen and oxygen atoms in total. The van der Waals surface area contributed by atoms with Crippen molar-refractivity contribution in [2.75, 3.05) is 39.0 Å². The molecule has 1 aliphatic rings. The van der Waals surface area contributed by atoms with Crippen LogP contribution in [-0.2, 0) is 16.6 Å². The number of halogens is 1. The van der Waals surface area contributed by atoms with Gasteiger partial charge in [-0.25, -0.2) is 0 Å². The highest BCUT2D eigenvalue weighted by atomic mass is 127. The minimum atomic E-state index is -0.881. The van der Waals surface area contributed by atoms with E-state index in [0.29, 0.717) is 30.0 Å². The van der Waals surface area contributed by atoms with Crippen LogP contribution in [0.1, 0.15) is 36.2 Å². The summed E-state index contributed by atoms with van der Waals surface area (Å²) in [7, 11) is 1.35. The van der Waals surface area contributed by atoms with Gasteiger partial charge in [0.15, 0.2) is 5.96 Å². The average Bonchev–Trinajstić information content (AvgIpc) is 3.27. The van der Waals surface area contributed by atoms with Gasteiger partial charge >= 0.3 is 0 Å². The van der Waals surface area contributed by atoms with E-state index < -0.39 is 10.8 Å². The summed E-state index contributed by atoms with van der Waals surface area (Å²) in [6, 6.07) is 14.9. The number of rotatable bonds is 9. The molecule has 2 aromatic rings. The normalized spacial score (nSPS) is 20.6. The van der Waals surface area contributed by atoms with E-state index in [1.165, 1.54) is 17.7 Å². The number of piperidine rings is 1. The second-order valence-electron chi connectivity index (χ2n) is 7.76. The molecule has 1 aliphatic heterocycles. The monoisotopic (exact) mass is 574 g/mol. The first kappa shape index (κ1) is 26.3. The van der Waals surface area contributed by atoms with Gasteiger partial charge < -0.3 is 10.6 Å². The quantitative estimate of drug-likeness (QED) is 0.267. The maximum Gasteiger partial charge on any atom is 0.191 e. The van der Waals surface area contributed by atoms with Crippen LogP contribution in [0.3, 0.4) is 0 Å². The molecule has 0 saturated carbocycles. The Morgan fingerprint density at radius 2 is 2.03 bits per heavy atom. The van der Waals surface area contributed by atoms with Gasteiger partial charge in [-0.15, -0.1) is 35.3 Å². The molecule has 1 saturated heterocycles. The highest BCUT2D eigenvalue weighted by Gasteiger charge is 2.31. The van der Waals surface area contributed by atoms with Gasteiger partial charge in [-0.1, -0.05) is 36.4 Å². The lowest BCUT2D eigenvalue weighted by molar-refractivity contribution is 0.128. The minimum absolute atomic E-state index is 0. The molecular weight excluding hydrogens is 539 g/mol. The van der Waals surface area contributed by atoms with Crippen LogP contribution in [0.2, 0.25) is 0 Å². The summed E-state index contributed by atoms with van der Waals surface area (Å²) in [6.07, 6.45) is 2.43. The minimum Gasteiger partial charge on any atom is -0.357 e. The predicted molar refractivity (Wildman–Crippen MR) is 145 cm³/mol. The fourth-order valence-electron chi connectivity index (χ4n) is 4.03. The van der Waals surface area contributed by atoms with Crippen molar-refractivity contribution in [1.82, 2.24) is 15.5 Å². The van der Waals surface area contributed by atoms with Gasteiger partial charge in [0.25, 0.3) is 0 Å². The van der Waals surface area contributed by atoms with Gasteiger partial charge in [-0.3, -0.25) is 14.1 Å². The van der Waals surface area contributed by atoms with Crippen LogP contribution in [0.4, 0.5) is 0 Å². The summed E-state index contributed by atoms with van der Waals surface area (Å²) >= 11 is 1.84. The Morgan fingerprint density at radius 1 is 1.23 bits per heavy atom. The van der Waals surface area contributed by atoms with E-state index in [2.05, 4.69) is 47.0 Å². The van der Waals surface area contributed by atoms with E-state index in [9.17, 15) is 4.21 Å². The van der Waals surface area contributed by atoms with Crippen LogP contribution < -0.4 is 10.6 Å². The Labute approximate surface area is 210 Å². The number of aliphatic imine (C=N–C) groups is 1. The van der Waals surface area contributed by atoms with Crippen LogP contribution in [0.15, 0.2) is 52.8 Å². The molecule has 1 aromatic heterocycles. The molecule has 0 aliphatic carbocycles. The zero-order valence-electron chi connectivity index (χ0n) is 18.5. The Kier molecular flexibility index (Phi) is 12.1. The Bertz CT molecular complexity index is 801. The summed E-state index contributed by atoms with van der Waals surface area (Å²) in [5.74, 6) is 2.56. The largest absolute Gasteiger partial charge is 0.357 e. The van der Waals surface area contributed by atoms with Crippen molar-refractivity contribution in [2.24, 2.45) is 10.9 Å². The van der Waals surface area contributed by atoms with Crippen molar-refractivity contribution in [1.29, 1.82) is 0 Å². The third-order valence-electron chi connectivity index (χ3n) is 5.46. The van der Waals surface area contributed by atoms with Crippen LogP contribution in [0, 0.1) is 5.92 Å². The summed E-state index contributed by atoms with van der Waals surface area (Å²) < 4.78 is 12.4. The molecule has 0 radical (unpaired) electrons. The summed E-state index contributed by atoms with van der Waals surface area (Å²) in [5, 5.41) is 8.87. The molecule has 8 heteroatoms. The fraction of sp³-hybridized carbons (Fsp3) is 0.522. The number of guanidine groups is 1. The van der Waals surface area contributed by atoms with Crippen molar-refractivity contribution in [3.8, 4) is 0 Å². The van der Waals surface area contributed by atoms with Crippen LogP contribution in [0.5, 0.6) is 0 Å². The first-order valence-corrected chi connectivity index (χ1v) is 13.2. The Morgan fingerprint density at radius 3 is 2.74 bits per heavy atom. The van der Waals surface area contributed by atoms with E-state index >= 15 is 0 Å². The third-order valence-corrected chi connectivity index (χ3v) is 7.72. The lowest BCUT2D eigenvalue weighted by Crippen LogP contribution is -2.41. The summed E-state index contributed by atoms with van der Waals surface area (Å²) in [6.45, 7) is 5.50. The Hall–Kier alpha value is -0.970. The first-order chi connectivity index (χ1) is 14.7. The van der Waals surface area contributed by atoms with Gasteiger partial charge in [0.1, 0.15) is 0 Å². The SMILES string of the molecule is CCNC(=NCC1CCCN(C)C1c1cccs1)NCCS(=O)Cc1ccccc1.I. The molecule has 0 spiro atoms. The predicted octanol–water partition coefficient (Wildman–Crippen LogP) is 4.25. The highest BCUT2D eigenvalue weighted by molar-refractivity contribution is 14.0. The molecule has 3 rings (SSSR count). The lowest BCUT2D eigenvalue weighted by Gasteiger charge is -2.38.